The zero-order valence-corrected chi connectivity index (χ0v) is 13.7. The summed E-state index contributed by atoms with van der Waals surface area (Å²) in [5, 5.41) is 15.0. The fraction of sp³-hybridized carbons (Fsp3) is 0.0667. The van der Waals surface area contributed by atoms with Gasteiger partial charge in [0.1, 0.15) is 11.5 Å². The zero-order chi connectivity index (χ0) is 19.0. The lowest BCUT2D eigenvalue weighted by Gasteiger charge is -2.13. The second-order valence-electron chi connectivity index (χ2n) is 5.26. The van der Waals surface area contributed by atoms with Crippen LogP contribution in [0, 0.1) is 10.1 Å². The van der Waals surface area contributed by atoms with Gasteiger partial charge in [0.25, 0.3) is 23.4 Å². The second-order valence-corrected chi connectivity index (χ2v) is 6.18. The fourth-order valence-corrected chi connectivity index (χ4v) is 3.25. The van der Waals surface area contributed by atoms with E-state index in [1.807, 2.05) is 0 Å². The number of hydrogen-bond acceptors (Lipinski definition) is 7. The molecule has 0 unspecified atom stereocenters. The normalized spacial score (nSPS) is 12.8. The molecule has 10 nitrogen and oxygen atoms in total. The Morgan fingerprint density at radius 2 is 1.88 bits per heavy atom. The number of carbonyl (C=O) groups excluding carboxylic acids is 4. The number of non-ortho nitro benzene ring substituents is 1. The Morgan fingerprint density at radius 1 is 1.19 bits per heavy atom. The summed E-state index contributed by atoms with van der Waals surface area (Å²) in [6.07, 6.45) is 0. The van der Waals surface area contributed by atoms with Crippen LogP contribution < -0.4 is 11.1 Å². The Morgan fingerprint density at radius 3 is 2.54 bits per heavy atom. The Balaban J connectivity index is 1.78. The first kappa shape index (κ1) is 17.2. The SMILES string of the molecule is NC(=O)c1ccsc1NC(=O)CN1C(=O)c2ccc([N+](=O)[O-])cc2C1=O. The predicted octanol–water partition coefficient (Wildman–Crippen LogP) is 0.990. The zero-order valence-electron chi connectivity index (χ0n) is 12.9. The van der Waals surface area contributed by atoms with E-state index in [1.54, 1.807) is 5.38 Å². The molecule has 2 aromatic rings. The van der Waals surface area contributed by atoms with Crippen LogP contribution in [-0.2, 0) is 4.79 Å². The number of imide groups is 1. The van der Waals surface area contributed by atoms with Crippen molar-refractivity contribution in [1.82, 2.24) is 4.90 Å². The molecule has 0 radical (unpaired) electrons. The number of nitrogens with one attached hydrogen (secondary N) is 1. The highest BCUT2D eigenvalue weighted by atomic mass is 32.1. The quantitative estimate of drug-likeness (QED) is 0.452. The van der Waals surface area contributed by atoms with Crippen LogP contribution in [-0.4, -0.2) is 40.0 Å². The predicted molar refractivity (Wildman–Crippen MR) is 89.9 cm³/mol. The molecular weight excluding hydrogens is 364 g/mol. The molecule has 0 aliphatic carbocycles. The van der Waals surface area contributed by atoms with Crippen LogP contribution in [0.1, 0.15) is 31.1 Å². The van der Waals surface area contributed by atoms with Crippen molar-refractivity contribution >= 4 is 45.7 Å². The van der Waals surface area contributed by atoms with Gasteiger partial charge in [-0.1, -0.05) is 0 Å². The number of anilines is 1. The average molecular weight is 374 g/mol. The third-order valence-corrected chi connectivity index (χ3v) is 4.48. The number of carbonyl (C=O) groups is 4. The number of nitrogens with zero attached hydrogens (tertiary/aromatic N) is 2. The molecule has 0 bridgehead atoms. The van der Waals surface area contributed by atoms with E-state index < -0.39 is 35.1 Å². The van der Waals surface area contributed by atoms with Crippen LogP contribution in [0.15, 0.2) is 29.6 Å². The van der Waals surface area contributed by atoms with Crippen LogP contribution in [0.2, 0.25) is 0 Å². The Labute approximate surface area is 149 Å². The summed E-state index contributed by atoms with van der Waals surface area (Å²) >= 11 is 1.06. The second kappa shape index (κ2) is 6.37. The molecule has 2 heterocycles. The smallest absolute Gasteiger partial charge is 0.270 e. The summed E-state index contributed by atoms with van der Waals surface area (Å²) in [4.78, 5) is 58.8. The summed E-state index contributed by atoms with van der Waals surface area (Å²) in [5.74, 6) is -2.96. The van der Waals surface area contributed by atoms with Gasteiger partial charge in [0.15, 0.2) is 0 Å². The van der Waals surface area contributed by atoms with E-state index in [1.165, 1.54) is 12.1 Å². The Bertz CT molecular complexity index is 982. The van der Waals surface area contributed by atoms with Crippen LogP contribution in [0.4, 0.5) is 10.7 Å². The van der Waals surface area contributed by atoms with Crippen LogP contribution in [0.3, 0.4) is 0 Å². The molecule has 132 valence electrons. The number of nitro benzene ring substituents is 1. The van der Waals surface area contributed by atoms with Gasteiger partial charge in [0, 0.05) is 12.1 Å². The van der Waals surface area contributed by atoms with E-state index in [0.717, 1.165) is 23.5 Å². The highest BCUT2D eigenvalue weighted by Crippen LogP contribution is 2.27. The summed E-state index contributed by atoms with van der Waals surface area (Å²) in [6.45, 7) is -0.601. The summed E-state index contributed by atoms with van der Waals surface area (Å²) < 4.78 is 0. The number of thiophene rings is 1. The molecule has 0 spiro atoms. The first-order chi connectivity index (χ1) is 12.3. The molecule has 0 saturated heterocycles. The lowest BCUT2D eigenvalue weighted by Crippen LogP contribution is -2.37. The van der Waals surface area contributed by atoms with Crippen LogP contribution in [0.25, 0.3) is 0 Å². The first-order valence-electron chi connectivity index (χ1n) is 7.11. The van der Waals surface area contributed by atoms with Gasteiger partial charge in [-0.15, -0.1) is 11.3 Å². The Hall–Kier alpha value is -3.60. The van der Waals surface area contributed by atoms with Gasteiger partial charge in [0.2, 0.25) is 5.91 Å². The number of primary amides is 1. The third kappa shape index (κ3) is 2.91. The molecule has 26 heavy (non-hydrogen) atoms. The van der Waals surface area contributed by atoms with Crippen molar-refractivity contribution in [3.05, 3.63) is 56.5 Å². The van der Waals surface area contributed by atoms with E-state index in [4.69, 9.17) is 5.73 Å². The number of nitro groups is 1. The number of benzene rings is 1. The Kier molecular flexibility index (Phi) is 4.22. The molecular formula is C15H10N4O6S. The van der Waals surface area contributed by atoms with Gasteiger partial charge in [-0.3, -0.25) is 34.2 Å². The first-order valence-corrected chi connectivity index (χ1v) is 7.99. The topological polar surface area (TPSA) is 153 Å². The molecule has 4 amide bonds. The minimum absolute atomic E-state index is 0.0117. The van der Waals surface area contributed by atoms with E-state index in [-0.39, 0.29) is 27.4 Å². The minimum Gasteiger partial charge on any atom is -0.366 e. The van der Waals surface area contributed by atoms with Gasteiger partial charge in [-0.25, -0.2) is 0 Å². The maximum absolute atomic E-state index is 12.3. The summed E-state index contributed by atoms with van der Waals surface area (Å²) in [7, 11) is 0. The lowest BCUT2D eigenvalue weighted by molar-refractivity contribution is -0.384. The summed E-state index contributed by atoms with van der Waals surface area (Å²) in [6, 6.07) is 4.72. The number of fused-ring (bicyclic) bond motifs is 1. The van der Waals surface area contributed by atoms with Gasteiger partial charge in [-0.05, 0) is 17.5 Å². The highest BCUT2D eigenvalue weighted by Gasteiger charge is 2.37. The molecule has 11 heteroatoms. The number of nitrogens with two attached hydrogens (primary N) is 1. The minimum atomic E-state index is -0.801. The number of hydrogen-bond donors (Lipinski definition) is 2. The van der Waals surface area contributed by atoms with E-state index in [9.17, 15) is 29.3 Å². The van der Waals surface area contributed by atoms with Crippen molar-refractivity contribution in [1.29, 1.82) is 0 Å². The third-order valence-electron chi connectivity index (χ3n) is 3.65. The molecule has 1 aromatic heterocycles. The highest BCUT2D eigenvalue weighted by molar-refractivity contribution is 7.14. The average Bonchev–Trinajstić information content (AvgIpc) is 3.13. The molecule has 0 atom stereocenters. The number of amides is 4. The summed E-state index contributed by atoms with van der Waals surface area (Å²) in [5.41, 5.74) is 4.82. The molecule has 1 aliphatic rings. The molecule has 3 rings (SSSR count). The molecule has 0 saturated carbocycles. The maximum Gasteiger partial charge on any atom is 0.270 e. The van der Waals surface area contributed by atoms with Crippen LogP contribution in [0.5, 0.6) is 0 Å². The number of rotatable bonds is 5. The van der Waals surface area contributed by atoms with Gasteiger partial charge >= 0.3 is 0 Å². The molecule has 0 fully saturated rings. The lowest BCUT2D eigenvalue weighted by atomic mass is 10.1. The molecule has 1 aliphatic heterocycles. The van der Waals surface area contributed by atoms with Crippen molar-refractivity contribution in [3.8, 4) is 0 Å². The van der Waals surface area contributed by atoms with Crippen molar-refractivity contribution in [2.45, 2.75) is 0 Å². The standard InChI is InChI=1S/C15H10N4O6S/c16-12(21)9-3-4-26-13(9)17-11(20)6-18-14(22)8-2-1-7(19(24)25)5-10(8)15(18)23/h1-5H,6H2,(H2,16,21)(H,17,20). The van der Waals surface area contributed by atoms with Crippen LogP contribution >= 0.6 is 11.3 Å². The monoisotopic (exact) mass is 374 g/mol. The van der Waals surface area contributed by atoms with Gasteiger partial charge in [-0.2, -0.15) is 0 Å². The van der Waals surface area contributed by atoms with Crippen molar-refractivity contribution in [3.63, 3.8) is 0 Å². The van der Waals surface area contributed by atoms with E-state index in [2.05, 4.69) is 5.32 Å². The van der Waals surface area contributed by atoms with Crippen molar-refractivity contribution in [2.24, 2.45) is 5.73 Å². The van der Waals surface area contributed by atoms with E-state index >= 15 is 0 Å². The van der Waals surface area contributed by atoms with Crippen molar-refractivity contribution < 1.29 is 24.1 Å². The van der Waals surface area contributed by atoms with Crippen molar-refractivity contribution in [2.75, 3.05) is 11.9 Å². The van der Waals surface area contributed by atoms with Gasteiger partial charge < -0.3 is 11.1 Å². The molecule has 1 aromatic carbocycles. The van der Waals surface area contributed by atoms with E-state index in [0.29, 0.717) is 4.90 Å². The maximum atomic E-state index is 12.3. The fourth-order valence-electron chi connectivity index (χ4n) is 2.45. The van der Waals surface area contributed by atoms with Gasteiger partial charge in [0.05, 0.1) is 21.6 Å². The largest absolute Gasteiger partial charge is 0.366 e. The molecule has 3 N–H and O–H groups in total.